The van der Waals surface area contributed by atoms with E-state index in [9.17, 15) is 4.79 Å². The van der Waals surface area contributed by atoms with E-state index in [1.54, 1.807) is 24.3 Å². The molecule has 172 valence electrons. The third kappa shape index (κ3) is 21.2. The van der Waals surface area contributed by atoms with Crippen LogP contribution in [0.3, 0.4) is 0 Å². The van der Waals surface area contributed by atoms with Crippen LogP contribution >= 0.6 is 71.2 Å². The van der Waals surface area contributed by atoms with E-state index >= 15 is 0 Å². The van der Waals surface area contributed by atoms with Crippen molar-refractivity contribution < 1.29 is 14.3 Å². The van der Waals surface area contributed by atoms with Gasteiger partial charge in [-0.05, 0) is 38.4 Å². The lowest BCUT2D eigenvalue weighted by Gasteiger charge is -2.17. The maximum Gasteiger partial charge on any atom is 0.344 e. The van der Waals surface area contributed by atoms with E-state index < -0.39 is 0 Å². The van der Waals surface area contributed by atoms with Gasteiger partial charge >= 0.3 is 5.97 Å². The fourth-order valence-corrected chi connectivity index (χ4v) is 2.59. The van der Waals surface area contributed by atoms with Gasteiger partial charge in [-0.1, -0.05) is 11.6 Å². The van der Waals surface area contributed by atoms with Crippen molar-refractivity contribution in [2.24, 2.45) is 0 Å². The number of hydrogen-bond acceptors (Lipinski definition) is 5. The van der Waals surface area contributed by atoms with Crippen molar-refractivity contribution in [3.8, 4) is 5.75 Å². The quantitative estimate of drug-likeness (QED) is 0.288. The van der Waals surface area contributed by atoms with Crippen LogP contribution in [0.2, 0.25) is 5.02 Å². The zero-order valence-corrected chi connectivity index (χ0v) is 21.3. The van der Waals surface area contributed by atoms with Crippen molar-refractivity contribution in [1.82, 2.24) is 9.80 Å². The molecule has 0 atom stereocenters. The Bertz CT molecular complexity index is 481. The second-order valence-corrected chi connectivity index (χ2v) is 7.25. The summed E-state index contributed by atoms with van der Waals surface area (Å²) in [4.78, 5) is 15.4. The van der Waals surface area contributed by atoms with Gasteiger partial charge in [0, 0.05) is 48.8 Å². The number of hydrogen-bond donors (Lipinski definition) is 0. The molecule has 1 rings (SSSR count). The van der Waals surface area contributed by atoms with Crippen molar-refractivity contribution in [2.75, 3.05) is 71.1 Å². The standard InChI is InChI=1S/C12H16ClNO3.C6H12Cl3N.2ClH/c1-14(2)7-8-16-12(15)9-17-11-5-3-10(13)4-6-11;7-1-4-10(5-2-8)6-3-9;;/h3-6H,7-9H2,1-2H3;1-6H2;2*1H. The van der Waals surface area contributed by atoms with E-state index in [2.05, 4.69) is 4.90 Å². The summed E-state index contributed by atoms with van der Waals surface area (Å²) in [7, 11) is 3.83. The Kier molecular flexibility index (Phi) is 26.6. The largest absolute Gasteiger partial charge is 0.482 e. The summed E-state index contributed by atoms with van der Waals surface area (Å²) in [5.74, 6) is 2.16. The number of esters is 1. The molecule has 0 bridgehead atoms. The minimum Gasteiger partial charge on any atom is -0.482 e. The van der Waals surface area contributed by atoms with Crippen LogP contribution in [-0.2, 0) is 9.53 Å². The first-order valence-corrected chi connectivity index (χ1v) is 10.5. The van der Waals surface area contributed by atoms with E-state index in [0.717, 1.165) is 19.6 Å². The first-order valence-electron chi connectivity index (χ1n) is 8.51. The van der Waals surface area contributed by atoms with Crippen LogP contribution in [0.1, 0.15) is 0 Å². The number of carbonyl (C=O) groups is 1. The van der Waals surface area contributed by atoms with Gasteiger partial charge in [0.05, 0.1) is 0 Å². The Morgan fingerprint density at radius 2 is 1.38 bits per heavy atom. The fourth-order valence-electron chi connectivity index (χ4n) is 1.75. The molecule has 0 saturated carbocycles. The number of halogens is 6. The van der Waals surface area contributed by atoms with Crippen LogP contribution in [0.4, 0.5) is 0 Å². The van der Waals surface area contributed by atoms with Gasteiger partial charge < -0.3 is 14.4 Å². The summed E-state index contributed by atoms with van der Waals surface area (Å²) in [6.07, 6.45) is 0. The molecular weight excluding hydrogens is 505 g/mol. The monoisotopic (exact) mass is 532 g/mol. The molecule has 0 fully saturated rings. The molecule has 0 unspecified atom stereocenters. The molecule has 11 heteroatoms. The molecule has 0 aliphatic carbocycles. The summed E-state index contributed by atoms with van der Waals surface area (Å²) < 4.78 is 10.2. The second kappa shape index (κ2) is 22.8. The molecule has 1 aromatic carbocycles. The number of likely N-dealkylation sites (N-methyl/N-ethyl adjacent to an activating group) is 1. The average Bonchev–Trinajstić information content (AvgIpc) is 2.62. The minimum absolute atomic E-state index is 0. The highest BCUT2D eigenvalue weighted by molar-refractivity contribution is 6.30. The molecule has 0 aromatic heterocycles. The third-order valence-corrected chi connectivity index (χ3v) is 3.93. The van der Waals surface area contributed by atoms with Gasteiger partial charge in [-0.25, -0.2) is 4.79 Å². The van der Waals surface area contributed by atoms with E-state index in [1.807, 2.05) is 19.0 Å². The van der Waals surface area contributed by atoms with E-state index in [-0.39, 0.29) is 37.4 Å². The van der Waals surface area contributed by atoms with Gasteiger partial charge in [0.2, 0.25) is 0 Å². The molecule has 0 saturated heterocycles. The molecule has 0 radical (unpaired) electrons. The number of benzene rings is 1. The number of rotatable bonds is 12. The molecule has 0 aliphatic heterocycles. The normalized spacial score (nSPS) is 9.79. The predicted molar refractivity (Wildman–Crippen MR) is 130 cm³/mol. The SMILES string of the molecule is CN(C)CCOC(=O)COc1ccc(Cl)cc1.Cl.Cl.ClCCN(CCCl)CCCl. The van der Waals surface area contributed by atoms with Gasteiger partial charge in [-0.3, -0.25) is 4.90 Å². The van der Waals surface area contributed by atoms with Crippen molar-refractivity contribution in [2.45, 2.75) is 0 Å². The van der Waals surface area contributed by atoms with Crippen molar-refractivity contribution in [1.29, 1.82) is 0 Å². The highest BCUT2D eigenvalue weighted by Gasteiger charge is 2.04. The van der Waals surface area contributed by atoms with Crippen LogP contribution in [0.25, 0.3) is 0 Å². The first kappa shape index (κ1) is 33.8. The summed E-state index contributed by atoms with van der Waals surface area (Å²) in [6.45, 7) is 3.61. The fraction of sp³-hybridized carbons (Fsp3) is 0.611. The van der Waals surface area contributed by atoms with Crippen LogP contribution in [-0.4, -0.2) is 86.9 Å². The summed E-state index contributed by atoms with van der Waals surface area (Å²) in [5, 5.41) is 0.630. The van der Waals surface area contributed by atoms with Crippen molar-refractivity contribution in [3.05, 3.63) is 29.3 Å². The Hall–Kier alpha value is 0.150. The highest BCUT2D eigenvalue weighted by Crippen LogP contribution is 2.15. The predicted octanol–water partition coefficient (Wildman–Crippen LogP) is 4.67. The minimum atomic E-state index is -0.373. The zero-order valence-electron chi connectivity index (χ0n) is 16.6. The first-order chi connectivity index (χ1) is 12.9. The number of nitrogens with zero attached hydrogens (tertiary/aromatic N) is 2. The Balaban J connectivity index is -0.000000491. The van der Waals surface area contributed by atoms with Crippen molar-refractivity contribution in [3.63, 3.8) is 0 Å². The van der Waals surface area contributed by atoms with Crippen molar-refractivity contribution >= 4 is 77.2 Å². The summed E-state index contributed by atoms with van der Waals surface area (Å²) in [6, 6.07) is 6.81. The highest BCUT2D eigenvalue weighted by atomic mass is 35.5. The Labute approximate surface area is 206 Å². The number of carbonyl (C=O) groups excluding carboxylic acids is 1. The molecule has 1 aromatic rings. The van der Waals surface area contributed by atoms with Gasteiger partial charge in [0.1, 0.15) is 12.4 Å². The summed E-state index contributed by atoms with van der Waals surface area (Å²) in [5.41, 5.74) is 0. The topological polar surface area (TPSA) is 42.0 Å². The molecular formula is C18H30Cl6N2O3. The maximum atomic E-state index is 11.3. The molecule has 5 nitrogen and oxygen atoms in total. The van der Waals surface area contributed by atoms with Crippen LogP contribution in [0, 0.1) is 0 Å². The Morgan fingerprint density at radius 3 is 1.79 bits per heavy atom. The van der Waals surface area contributed by atoms with Gasteiger partial charge in [-0.15, -0.1) is 59.6 Å². The van der Waals surface area contributed by atoms with Gasteiger partial charge in [-0.2, -0.15) is 0 Å². The summed E-state index contributed by atoms with van der Waals surface area (Å²) >= 11 is 22.3. The van der Waals surface area contributed by atoms with E-state index in [1.165, 1.54) is 0 Å². The third-order valence-electron chi connectivity index (χ3n) is 3.17. The molecule has 0 N–H and O–H groups in total. The smallest absolute Gasteiger partial charge is 0.344 e. The second-order valence-electron chi connectivity index (χ2n) is 5.67. The van der Waals surface area contributed by atoms with Crippen LogP contribution in [0.5, 0.6) is 5.75 Å². The molecule has 0 spiro atoms. The lowest BCUT2D eigenvalue weighted by Crippen LogP contribution is -2.29. The Morgan fingerprint density at radius 1 is 0.897 bits per heavy atom. The van der Waals surface area contributed by atoms with Gasteiger partial charge in [0.25, 0.3) is 0 Å². The number of ether oxygens (including phenoxy) is 2. The van der Waals surface area contributed by atoms with Gasteiger partial charge in [0.15, 0.2) is 6.61 Å². The van der Waals surface area contributed by atoms with Crippen LogP contribution in [0.15, 0.2) is 24.3 Å². The molecule has 0 amide bonds. The van der Waals surface area contributed by atoms with E-state index in [0.29, 0.717) is 41.6 Å². The maximum absolute atomic E-state index is 11.3. The molecule has 0 aliphatic rings. The van der Waals surface area contributed by atoms with Crippen LogP contribution < -0.4 is 4.74 Å². The number of alkyl halides is 3. The molecule has 0 heterocycles. The lowest BCUT2D eigenvalue weighted by molar-refractivity contribution is -0.146. The zero-order chi connectivity index (χ0) is 20.5. The molecule has 29 heavy (non-hydrogen) atoms. The average molecular weight is 535 g/mol. The lowest BCUT2D eigenvalue weighted by atomic mass is 10.3. The van der Waals surface area contributed by atoms with E-state index in [4.69, 9.17) is 55.9 Å².